The molecule has 3 aromatic heterocycles. The number of rotatable bonds is 5. The van der Waals surface area contributed by atoms with Gasteiger partial charge in [-0.1, -0.05) is 12.1 Å². The average Bonchev–Trinajstić information content (AvgIpc) is 3.40. The third-order valence-electron chi connectivity index (χ3n) is 5.24. The fourth-order valence-corrected chi connectivity index (χ4v) is 3.73. The molecule has 150 valence electrons. The van der Waals surface area contributed by atoms with Crippen molar-refractivity contribution in [3.05, 3.63) is 60.6 Å². The molecule has 0 aliphatic carbocycles. The van der Waals surface area contributed by atoms with Crippen LogP contribution in [-0.2, 0) is 11.3 Å². The van der Waals surface area contributed by atoms with Crippen molar-refractivity contribution in [3.63, 3.8) is 0 Å². The van der Waals surface area contributed by atoms with Gasteiger partial charge in [-0.05, 0) is 49.1 Å². The largest absolute Gasteiger partial charge is 0.376 e. The highest BCUT2D eigenvalue weighted by atomic mass is 16.5. The van der Waals surface area contributed by atoms with Crippen molar-refractivity contribution in [2.24, 2.45) is 0 Å². The van der Waals surface area contributed by atoms with E-state index in [1.807, 2.05) is 41.3 Å². The minimum atomic E-state index is 0.231. The lowest BCUT2D eigenvalue weighted by Gasteiger charge is -2.22. The van der Waals surface area contributed by atoms with E-state index < -0.39 is 0 Å². The molecule has 1 N–H and O–H groups in total. The molecule has 0 saturated carbocycles. The number of hydrogen-bond acceptors (Lipinski definition) is 6. The Morgan fingerprint density at radius 3 is 2.90 bits per heavy atom. The van der Waals surface area contributed by atoms with Gasteiger partial charge < -0.3 is 10.1 Å². The summed E-state index contributed by atoms with van der Waals surface area (Å²) >= 11 is 0. The summed E-state index contributed by atoms with van der Waals surface area (Å²) in [5, 5.41) is 21.2. The summed E-state index contributed by atoms with van der Waals surface area (Å²) in [6, 6.07) is 13.5. The van der Waals surface area contributed by atoms with Crippen LogP contribution >= 0.6 is 0 Å². The van der Waals surface area contributed by atoms with Crippen molar-refractivity contribution < 1.29 is 4.74 Å². The predicted octanol–water partition coefficient (Wildman–Crippen LogP) is 3.78. The van der Waals surface area contributed by atoms with Crippen molar-refractivity contribution in [3.8, 4) is 17.2 Å². The summed E-state index contributed by atoms with van der Waals surface area (Å²) in [5.41, 5.74) is 4.14. The molecule has 0 amide bonds. The Hall–Kier alpha value is -3.70. The normalized spacial score (nSPS) is 16.4. The van der Waals surface area contributed by atoms with Gasteiger partial charge in [0.25, 0.3) is 0 Å². The quantitative estimate of drug-likeness (QED) is 0.549. The van der Waals surface area contributed by atoms with E-state index >= 15 is 0 Å². The van der Waals surface area contributed by atoms with E-state index in [9.17, 15) is 0 Å². The van der Waals surface area contributed by atoms with Crippen molar-refractivity contribution in [1.29, 1.82) is 5.26 Å². The van der Waals surface area contributed by atoms with Crippen LogP contribution in [0.2, 0.25) is 0 Å². The van der Waals surface area contributed by atoms with Crippen LogP contribution in [0, 0.1) is 11.3 Å². The molecule has 0 bridgehead atoms. The number of benzene rings is 1. The molecule has 0 radical (unpaired) electrons. The third-order valence-corrected chi connectivity index (χ3v) is 5.24. The van der Waals surface area contributed by atoms with E-state index in [0.29, 0.717) is 11.5 Å². The smallest absolute Gasteiger partial charge is 0.247 e. The molecule has 8 nitrogen and oxygen atoms in total. The number of nitrogens with zero attached hydrogens (tertiary/aromatic N) is 6. The van der Waals surface area contributed by atoms with E-state index in [1.54, 1.807) is 22.8 Å². The lowest BCUT2D eigenvalue weighted by atomic mass is 10.1. The topological polar surface area (TPSA) is 93.1 Å². The maximum Gasteiger partial charge on any atom is 0.247 e. The van der Waals surface area contributed by atoms with Crippen molar-refractivity contribution >= 4 is 17.3 Å². The average molecular weight is 399 g/mol. The van der Waals surface area contributed by atoms with Gasteiger partial charge in [0.1, 0.15) is 0 Å². The zero-order chi connectivity index (χ0) is 20.3. The van der Waals surface area contributed by atoms with Crippen LogP contribution in [0.5, 0.6) is 0 Å². The van der Waals surface area contributed by atoms with Gasteiger partial charge in [0, 0.05) is 24.6 Å². The lowest BCUT2D eigenvalue weighted by molar-refractivity contribution is 0.00400. The zero-order valence-electron chi connectivity index (χ0n) is 16.4. The second-order valence-corrected chi connectivity index (χ2v) is 7.38. The molecule has 4 aromatic rings. The number of hydrogen-bond donors (Lipinski definition) is 1. The maximum absolute atomic E-state index is 9.01. The number of aromatic nitrogens is 5. The predicted molar refractivity (Wildman–Crippen MR) is 112 cm³/mol. The highest BCUT2D eigenvalue weighted by molar-refractivity contribution is 5.78. The molecule has 1 atom stereocenters. The number of pyridine rings is 1. The van der Waals surface area contributed by atoms with E-state index in [1.165, 1.54) is 6.42 Å². The molecule has 30 heavy (non-hydrogen) atoms. The monoisotopic (exact) mass is 399 g/mol. The van der Waals surface area contributed by atoms with Crippen LogP contribution < -0.4 is 5.32 Å². The Balaban J connectivity index is 1.36. The van der Waals surface area contributed by atoms with Crippen molar-refractivity contribution in [2.75, 3.05) is 11.9 Å². The minimum Gasteiger partial charge on any atom is -0.376 e. The highest BCUT2D eigenvalue weighted by Gasteiger charge is 2.15. The molecular formula is C22H21N7O. The Morgan fingerprint density at radius 1 is 1.20 bits per heavy atom. The van der Waals surface area contributed by atoms with Crippen LogP contribution in [-0.4, -0.2) is 37.1 Å². The van der Waals surface area contributed by atoms with Crippen LogP contribution in [0.25, 0.3) is 16.8 Å². The Kier molecular flexibility index (Phi) is 4.87. The van der Waals surface area contributed by atoms with Gasteiger partial charge in [0.05, 0.1) is 36.2 Å². The summed E-state index contributed by atoms with van der Waals surface area (Å²) < 4.78 is 9.44. The molecule has 0 spiro atoms. The maximum atomic E-state index is 9.01. The van der Waals surface area contributed by atoms with Gasteiger partial charge in [-0.2, -0.15) is 15.3 Å². The lowest BCUT2D eigenvalue weighted by Crippen LogP contribution is -2.24. The SMILES string of the molecule is N#Cc1ccc(-c2cccn3nc(Nc4cnn(C[C@@H]5CCCCO5)c4)nc23)cc1. The molecule has 1 aliphatic heterocycles. The standard InChI is InChI=1S/C22H21N7O/c23-12-16-6-8-17(9-7-16)20-5-3-10-29-21(20)26-22(27-29)25-18-13-24-28(14-18)15-19-4-1-2-11-30-19/h3,5-10,13-14,19H,1-2,4,11,15H2,(H,25,27)/t19-/m0/s1. The summed E-state index contributed by atoms with van der Waals surface area (Å²) in [6.45, 7) is 1.59. The summed E-state index contributed by atoms with van der Waals surface area (Å²) in [7, 11) is 0. The number of anilines is 2. The van der Waals surface area contributed by atoms with Gasteiger partial charge in [0.15, 0.2) is 5.65 Å². The molecule has 4 heterocycles. The fraction of sp³-hybridized carbons (Fsp3) is 0.273. The zero-order valence-corrected chi connectivity index (χ0v) is 16.4. The number of ether oxygens (including phenoxy) is 1. The summed E-state index contributed by atoms with van der Waals surface area (Å²) in [4.78, 5) is 4.67. The summed E-state index contributed by atoms with van der Waals surface area (Å²) in [5.74, 6) is 0.504. The van der Waals surface area contributed by atoms with Gasteiger partial charge in [-0.15, -0.1) is 5.10 Å². The fourth-order valence-electron chi connectivity index (χ4n) is 3.73. The van der Waals surface area contributed by atoms with Gasteiger partial charge in [-0.3, -0.25) is 4.68 Å². The molecule has 5 rings (SSSR count). The molecule has 1 aromatic carbocycles. The molecule has 8 heteroatoms. The molecular weight excluding hydrogens is 378 g/mol. The van der Waals surface area contributed by atoms with E-state index in [0.717, 1.165) is 48.5 Å². The van der Waals surface area contributed by atoms with Gasteiger partial charge in [0.2, 0.25) is 5.95 Å². The van der Waals surface area contributed by atoms with Crippen LogP contribution in [0.3, 0.4) is 0 Å². The first kappa shape index (κ1) is 18.3. The van der Waals surface area contributed by atoms with E-state index in [-0.39, 0.29) is 6.10 Å². The van der Waals surface area contributed by atoms with Crippen molar-refractivity contribution in [1.82, 2.24) is 24.4 Å². The molecule has 1 fully saturated rings. The number of fused-ring (bicyclic) bond motifs is 1. The summed E-state index contributed by atoms with van der Waals surface area (Å²) in [6.07, 6.45) is 9.26. The van der Waals surface area contributed by atoms with Crippen molar-refractivity contribution in [2.45, 2.75) is 31.9 Å². The number of nitriles is 1. The van der Waals surface area contributed by atoms with Crippen LogP contribution in [0.15, 0.2) is 55.0 Å². The minimum absolute atomic E-state index is 0.231. The Labute approximate surface area is 173 Å². The second-order valence-electron chi connectivity index (χ2n) is 7.38. The first-order chi connectivity index (χ1) is 14.8. The third kappa shape index (κ3) is 3.75. The first-order valence-corrected chi connectivity index (χ1v) is 10.1. The highest BCUT2D eigenvalue weighted by Crippen LogP contribution is 2.25. The Morgan fingerprint density at radius 2 is 2.10 bits per heavy atom. The van der Waals surface area contributed by atoms with Crippen LogP contribution in [0.4, 0.5) is 11.6 Å². The van der Waals surface area contributed by atoms with Gasteiger partial charge in [-0.25, -0.2) is 4.52 Å². The first-order valence-electron chi connectivity index (χ1n) is 10.1. The van der Waals surface area contributed by atoms with E-state index in [4.69, 9.17) is 10.00 Å². The molecule has 1 aliphatic rings. The van der Waals surface area contributed by atoms with Crippen LogP contribution in [0.1, 0.15) is 24.8 Å². The van der Waals surface area contributed by atoms with Gasteiger partial charge >= 0.3 is 0 Å². The molecule has 1 saturated heterocycles. The Bertz CT molecular complexity index is 1200. The number of nitrogens with one attached hydrogen (secondary N) is 1. The molecule has 0 unspecified atom stereocenters. The van der Waals surface area contributed by atoms with E-state index in [2.05, 4.69) is 26.6 Å². The second kappa shape index (κ2) is 7.97.